The lowest BCUT2D eigenvalue weighted by Gasteiger charge is -2.30. The first kappa shape index (κ1) is 16.7. The molecule has 0 radical (unpaired) electrons. The van der Waals surface area contributed by atoms with E-state index in [9.17, 15) is 8.78 Å². The number of benzene rings is 2. The van der Waals surface area contributed by atoms with E-state index in [0.717, 1.165) is 16.1 Å². The second kappa shape index (κ2) is 7.08. The average Bonchev–Trinajstić information content (AvgIpc) is 2.49. The van der Waals surface area contributed by atoms with Crippen molar-refractivity contribution < 1.29 is 8.78 Å². The molecule has 0 heterocycles. The first-order valence-corrected chi connectivity index (χ1v) is 8.19. The summed E-state index contributed by atoms with van der Waals surface area (Å²) in [6, 6.07) is 11.6. The third-order valence-electron chi connectivity index (χ3n) is 3.49. The number of alkyl halides is 2. The van der Waals surface area contributed by atoms with Gasteiger partial charge in [-0.25, -0.2) is 8.78 Å². The molecule has 0 bridgehead atoms. The smallest absolute Gasteiger partial charge is 0.159 e. The molecule has 0 fully saturated rings. The standard InChI is InChI=1S/C16H13BrCl2F2/c17-13-4-2-12(3-5-13)16(9-18,10-19)8-11-1-6-14(20)15(21)7-11/h1-7H,8-10H2. The Morgan fingerprint density at radius 1 is 0.905 bits per heavy atom. The van der Waals surface area contributed by atoms with Gasteiger partial charge in [0.15, 0.2) is 11.6 Å². The Kier molecular flexibility index (Phi) is 5.64. The molecule has 0 spiro atoms. The first-order valence-electron chi connectivity index (χ1n) is 6.33. The molecule has 0 aliphatic rings. The van der Waals surface area contributed by atoms with Gasteiger partial charge >= 0.3 is 0 Å². The minimum atomic E-state index is -0.860. The van der Waals surface area contributed by atoms with Crippen LogP contribution in [0.5, 0.6) is 0 Å². The van der Waals surface area contributed by atoms with Gasteiger partial charge in [-0.15, -0.1) is 23.2 Å². The highest BCUT2D eigenvalue weighted by Crippen LogP contribution is 2.32. The van der Waals surface area contributed by atoms with Crippen molar-refractivity contribution in [3.63, 3.8) is 0 Å². The number of hydrogen-bond acceptors (Lipinski definition) is 0. The molecule has 0 aliphatic heterocycles. The molecular weight excluding hydrogens is 381 g/mol. The number of halogens is 5. The van der Waals surface area contributed by atoms with E-state index in [1.807, 2.05) is 24.3 Å². The van der Waals surface area contributed by atoms with Crippen LogP contribution in [0.1, 0.15) is 11.1 Å². The molecule has 0 N–H and O–H groups in total. The molecule has 0 aromatic heterocycles. The molecule has 0 amide bonds. The van der Waals surface area contributed by atoms with Gasteiger partial charge in [-0.1, -0.05) is 34.1 Å². The Hall–Kier alpha value is -0.640. The zero-order valence-corrected chi connectivity index (χ0v) is 14.2. The average molecular weight is 394 g/mol. The summed E-state index contributed by atoms with van der Waals surface area (Å²) < 4.78 is 27.4. The van der Waals surface area contributed by atoms with E-state index in [1.54, 1.807) is 6.07 Å². The van der Waals surface area contributed by atoms with Gasteiger partial charge in [0.2, 0.25) is 0 Å². The molecule has 5 heteroatoms. The highest BCUT2D eigenvalue weighted by molar-refractivity contribution is 9.10. The predicted octanol–water partition coefficient (Wildman–Crippen LogP) is 5.69. The van der Waals surface area contributed by atoms with Gasteiger partial charge in [0, 0.05) is 21.6 Å². The fourth-order valence-electron chi connectivity index (χ4n) is 2.23. The van der Waals surface area contributed by atoms with Crippen LogP contribution in [-0.2, 0) is 11.8 Å². The molecule has 0 nitrogen and oxygen atoms in total. The molecule has 21 heavy (non-hydrogen) atoms. The van der Waals surface area contributed by atoms with Crippen LogP contribution in [0.2, 0.25) is 0 Å². The Morgan fingerprint density at radius 2 is 1.52 bits per heavy atom. The Labute approximate surface area is 141 Å². The molecule has 2 rings (SSSR count). The van der Waals surface area contributed by atoms with Crippen molar-refractivity contribution >= 4 is 39.1 Å². The van der Waals surface area contributed by atoms with Crippen molar-refractivity contribution in [3.8, 4) is 0 Å². The van der Waals surface area contributed by atoms with E-state index in [-0.39, 0.29) is 11.8 Å². The van der Waals surface area contributed by atoms with Gasteiger partial charge in [-0.05, 0) is 41.8 Å². The summed E-state index contributed by atoms with van der Waals surface area (Å²) in [4.78, 5) is 0. The van der Waals surface area contributed by atoms with Gasteiger partial charge in [-0.2, -0.15) is 0 Å². The summed E-state index contributed by atoms with van der Waals surface area (Å²) in [5, 5.41) is 0. The maximum atomic E-state index is 13.4. The van der Waals surface area contributed by atoms with Gasteiger partial charge in [0.05, 0.1) is 0 Å². The summed E-state index contributed by atoms with van der Waals surface area (Å²) >= 11 is 15.7. The molecule has 2 aromatic rings. The minimum Gasteiger partial charge on any atom is -0.204 e. The molecule has 0 unspecified atom stereocenters. The molecule has 2 aromatic carbocycles. The zero-order valence-electron chi connectivity index (χ0n) is 11.1. The molecular formula is C16H13BrCl2F2. The maximum Gasteiger partial charge on any atom is 0.159 e. The second-order valence-corrected chi connectivity index (χ2v) is 6.43. The van der Waals surface area contributed by atoms with E-state index in [0.29, 0.717) is 12.0 Å². The fourth-order valence-corrected chi connectivity index (χ4v) is 3.28. The van der Waals surface area contributed by atoms with Crippen molar-refractivity contribution in [2.24, 2.45) is 0 Å². The quantitative estimate of drug-likeness (QED) is 0.572. The Balaban J connectivity index is 2.37. The van der Waals surface area contributed by atoms with Crippen LogP contribution >= 0.6 is 39.1 Å². The van der Waals surface area contributed by atoms with Gasteiger partial charge < -0.3 is 0 Å². The van der Waals surface area contributed by atoms with E-state index in [4.69, 9.17) is 23.2 Å². The third-order valence-corrected chi connectivity index (χ3v) is 5.05. The van der Waals surface area contributed by atoms with Crippen molar-refractivity contribution in [3.05, 3.63) is 69.7 Å². The molecule has 112 valence electrons. The van der Waals surface area contributed by atoms with Gasteiger partial charge in [-0.3, -0.25) is 0 Å². The van der Waals surface area contributed by atoms with Crippen LogP contribution < -0.4 is 0 Å². The second-order valence-electron chi connectivity index (χ2n) is 4.98. The normalized spacial score (nSPS) is 11.7. The van der Waals surface area contributed by atoms with Gasteiger partial charge in [0.25, 0.3) is 0 Å². The minimum absolute atomic E-state index is 0.289. The van der Waals surface area contributed by atoms with Crippen LogP contribution in [0.15, 0.2) is 46.9 Å². The summed E-state index contributed by atoms with van der Waals surface area (Å²) in [6.45, 7) is 0. The Bertz CT molecular complexity index is 610. The van der Waals surface area contributed by atoms with Crippen LogP contribution in [0.3, 0.4) is 0 Å². The van der Waals surface area contributed by atoms with Crippen molar-refractivity contribution in [2.75, 3.05) is 11.8 Å². The van der Waals surface area contributed by atoms with Crippen molar-refractivity contribution in [2.45, 2.75) is 11.8 Å². The monoisotopic (exact) mass is 392 g/mol. The van der Waals surface area contributed by atoms with Crippen LogP contribution in [0.4, 0.5) is 8.78 Å². The molecule has 0 saturated heterocycles. The SMILES string of the molecule is Fc1ccc(CC(CCl)(CCl)c2ccc(Br)cc2)cc1F. The highest BCUT2D eigenvalue weighted by atomic mass is 79.9. The zero-order chi connectivity index (χ0) is 15.5. The Morgan fingerprint density at radius 3 is 2.05 bits per heavy atom. The lowest BCUT2D eigenvalue weighted by molar-refractivity contribution is 0.499. The van der Waals surface area contributed by atoms with E-state index < -0.39 is 17.0 Å². The topological polar surface area (TPSA) is 0 Å². The molecule has 0 saturated carbocycles. The summed E-state index contributed by atoms with van der Waals surface area (Å²) in [7, 11) is 0. The van der Waals surface area contributed by atoms with E-state index >= 15 is 0 Å². The third kappa shape index (κ3) is 3.77. The fraction of sp³-hybridized carbons (Fsp3) is 0.250. The van der Waals surface area contributed by atoms with Crippen molar-refractivity contribution in [1.82, 2.24) is 0 Å². The number of rotatable bonds is 5. The maximum absolute atomic E-state index is 13.4. The highest BCUT2D eigenvalue weighted by Gasteiger charge is 2.31. The lowest BCUT2D eigenvalue weighted by atomic mass is 9.79. The van der Waals surface area contributed by atoms with Crippen LogP contribution in [0, 0.1) is 11.6 Å². The molecule has 0 aliphatic carbocycles. The van der Waals surface area contributed by atoms with E-state index in [2.05, 4.69) is 15.9 Å². The predicted molar refractivity (Wildman–Crippen MR) is 87.3 cm³/mol. The summed E-state index contributed by atoms with van der Waals surface area (Å²) in [6.07, 6.45) is 0.443. The summed E-state index contributed by atoms with van der Waals surface area (Å²) in [5.41, 5.74) is 1.12. The summed E-state index contributed by atoms with van der Waals surface area (Å²) in [5.74, 6) is -1.14. The lowest BCUT2D eigenvalue weighted by Crippen LogP contribution is -2.33. The van der Waals surface area contributed by atoms with Crippen molar-refractivity contribution in [1.29, 1.82) is 0 Å². The molecule has 0 atom stereocenters. The van der Waals surface area contributed by atoms with Gasteiger partial charge in [0.1, 0.15) is 0 Å². The van der Waals surface area contributed by atoms with Crippen LogP contribution in [0.25, 0.3) is 0 Å². The first-order chi connectivity index (χ1) is 10.0. The van der Waals surface area contributed by atoms with E-state index in [1.165, 1.54) is 6.07 Å². The largest absolute Gasteiger partial charge is 0.204 e. The number of hydrogen-bond donors (Lipinski definition) is 0. The van der Waals surface area contributed by atoms with Crippen LogP contribution in [-0.4, -0.2) is 11.8 Å².